The first-order chi connectivity index (χ1) is 11.2. The molecule has 6 heteroatoms. The van der Waals surface area contributed by atoms with Crippen molar-refractivity contribution in [2.75, 3.05) is 0 Å². The summed E-state index contributed by atoms with van der Waals surface area (Å²) in [5.74, 6) is 4.08. The van der Waals surface area contributed by atoms with Crippen LogP contribution < -0.4 is 52.7 Å². The smallest absolute Gasteiger partial charge is 1.00 e. The van der Waals surface area contributed by atoms with Crippen LogP contribution in [0.2, 0.25) is 18.1 Å². The van der Waals surface area contributed by atoms with Gasteiger partial charge in [-0.3, -0.25) is 0 Å². The van der Waals surface area contributed by atoms with E-state index in [9.17, 15) is 0 Å². The molecule has 5 rings (SSSR count). The molecule has 4 fully saturated rings. The zero-order chi connectivity index (χ0) is 17.2. The Balaban J connectivity index is 0.00000182. The van der Waals surface area contributed by atoms with E-state index in [1.165, 1.54) is 44.1 Å². The molecule has 0 amide bonds. The summed E-state index contributed by atoms with van der Waals surface area (Å²) >= 11 is 0. The Bertz CT molecular complexity index is 614. The second kappa shape index (κ2) is 10.3. The van der Waals surface area contributed by atoms with Crippen molar-refractivity contribution in [3.05, 3.63) is 29.8 Å². The normalized spacial score (nSPS) is 30.2. The number of hydrogen-bond acceptors (Lipinski definition) is 1. The zero-order valence-corrected chi connectivity index (χ0v) is 23.3. The van der Waals surface area contributed by atoms with Crippen LogP contribution in [0.1, 0.15) is 64.9 Å². The molecule has 0 atom stereocenters. The summed E-state index contributed by atoms with van der Waals surface area (Å²) < 4.78 is 6.79. The number of benzene rings is 1. The van der Waals surface area contributed by atoms with E-state index in [0.29, 0.717) is 5.41 Å². The first kappa shape index (κ1) is 29.4. The fourth-order valence-corrected chi connectivity index (χ4v) is 6.83. The molecular formula is C22H33BrClLiMgOSi. The van der Waals surface area contributed by atoms with Crippen LogP contribution in [0.5, 0.6) is 5.75 Å². The summed E-state index contributed by atoms with van der Waals surface area (Å²) in [5.41, 5.74) is 1.92. The summed E-state index contributed by atoms with van der Waals surface area (Å²) in [7, 11) is -1.81. The molecule has 148 valence electrons. The van der Waals surface area contributed by atoms with E-state index >= 15 is 0 Å². The SMILES string of the molecule is CC(C)(C)[Si](C)(C)Oc1c[c-]ccc1C12CC3CC(CC(C3)C1)C2.[Br-].[Cl-].[Li+].[Mg+2]. The fraction of sp³-hybridized carbons (Fsp3) is 0.727. The Morgan fingerprint density at radius 1 is 1.04 bits per heavy atom. The van der Waals surface area contributed by atoms with Gasteiger partial charge in [-0.05, 0) is 85.6 Å². The molecule has 4 aliphatic carbocycles. The second-order valence-corrected chi connectivity index (χ2v) is 15.2. The molecule has 1 nitrogen and oxygen atoms in total. The third-order valence-electron chi connectivity index (χ3n) is 7.61. The summed E-state index contributed by atoms with van der Waals surface area (Å²) in [6, 6.07) is 9.90. The predicted octanol–water partition coefficient (Wildman–Crippen LogP) is -3.03. The molecular weight excluding hydrogens is 455 g/mol. The third kappa shape index (κ3) is 5.40. The van der Waals surface area contributed by atoms with Crippen LogP contribution in [0.25, 0.3) is 0 Å². The van der Waals surface area contributed by atoms with E-state index < -0.39 is 8.32 Å². The average molecular weight is 488 g/mol. The van der Waals surface area contributed by atoms with Crippen molar-refractivity contribution in [3.8, 4) is 5.75 Å². The first-order valence-corrected chi connectivity index (χ1v) is 12.8. The van der Waals surface area contributed by atoms with E-state index in [4.69, 9.17) is 4.43 Å². The fourth-order valence-electron chi connectivity index (χ4n) is 5.81. The third-order valence-corrected chi connectivity index (χ3v) is 11.9. The van der Waals surface area contributed by atoms with Crippen LogP contribution >= 0.6 is 0 Å². The molecule has 0 aliphatic heterocycles. The summed E-state index contributed by atoms with van der Waals surface area (Å²) in [6.07, 6.45) is 8.69. The maximum absolute atomic E-state index is 6.79. The monoisotopic (exact) mass is 486 g/mol. The molecule has 4 bridgehead atoms. The zero-order valence-electron chi connectivity index (χ0n) is 18.6. The van der Waals surface area contributed by atoms with E-state index in [1.54, 1.807) is 0 Å². The van der Waals surface area contributed by atoms with E-state index in [0.717, 1.165) is 23.5 Å². The van der Waals surface area contributed by atoms with Crippen molar-refractivity contribution >= 4 is 31.4 Å². The molecule has 28 heavy (non-hydrogen) atoms. The predicted molar refractivity (Wildman–Crippen MR) is 109 cm³/mol. The summed E-state index contributed by atoms with van der Waals surface area (Å²) in [6.45, 7) is 11.7. The van der Waals surface area contributed by atoms with Crippen molar-refractivity contribution in [1.82, 2.24) is 0 Å². The van der Waals surface area contributed by atoms with Crippen LogP contribution in [0.4, 0.5) is 0 Å². The second-order valence-electron chi connectivity index (χ2n) is 10.5. The van der Waals surface area contributed by atoms with E-state index in [1.807, 2.05) is 0 Å². The van der Waals surface area contributed by atoms with Crippen molar-refractivity contribution < 1.29 is 52.7 Å². The van der Waals surface area contributed by atoms with Gasteiger partial charge in [0.25, 0.3) is 0 Å². The maximum atomic E-state index is 6.79. The Morgan fingerprint density at radius 2 is 1.50 bits per heavy atom. The Kier molecular flexibility index (Phi) is 10.8. The van der Waals surface area contributed by atoms with Gasteiger partial charge in [-0.15, -0.1) is 11.6 Å². The van der Waals surface area contributed by atoms with Gasteiger partial charge in [-0.2, -0.15) is 18.2 Å². The molecule has 0 N–H and O–H groups in total. The van der Waals surface area contributed by atoms with Crippen molar-refractivity contribution in [2.45, 2.75) is 82.8 Å². The molecule has 0 spiro atoms. The van der Waals surface area contributed by atoms with Crippen LogP contribution in [0.3, 0.4) is 0 Å². The molecule has 1 aromatic carbocycles. The van der Waals surface area contributed by atoms with Crippen LogP contribution in [-0.2, 0) is 5.41 Å². The standard InChI is InChI=1S/C22H33OSi.BrH.ClH.Li.Mg/c1-21(2,3)24(4,5)23-20-9-7-6-8-19(20)22-13-16-10-17(14-22)12-18(11-16)15-22;;;;/h6,8-9,16-18H,10-15H2,1-5H3;2*1H;;/q-1;;;+1;+2/p-2. The average Bonchev–Trinajstić information content (AvgIpc) is 2.44. The minimum atomic E-state index is -1.81. The Morgan fingerprint density at radius 3 is 1.93 bits per heavy atom. The molecule has 4 saturated carbocycles. The van der Waals surface area contributed by atoms with E-state index in [-0.39, 0.29) is 76.3 Å². The molecule has 0 radical (unpaired) electrons. The van der Waals surface area contributed by atoms with Gasteiger partial charge in [0, 0.05) is 0 Å². The van der Waals surface area contributed by atoms with Gasteiger partial charge in [-0.25, -0.2) is 0 Å². The molecule has 0 aromatic heterocycles. The van der Waals surface area contributed by atoms with Gasteiger partial charge in [0.1, 0.15) is 0 Å². The topological polar surface area (TPSA) is 9.23 Å². The summed E-state index contributed by atoms with van der Waals surface area (Å²) in [5, 5.41) is 0.238. The molecule has 4 aliphatic rings. The van der Waals surface area contributed by atoms with Crippen molar-refractivity contribution in [1.29, 1.82) is 0 Å². The van der Waals surface area contributed by atoms with E-state index in [2.05, 4.69) is 58.1 Å². The molecule has 0 heterocycles. The number of hydrogen-bond donors (Lipinski definition) is 0. The molecule has 1 aromatic rings. The van der Waals surface area contributed by atoms with Crippen molar-refractivity contribution in [3.63, 3.8) is 0 Å². The van der Waals surface area contributed by atoms with Gasteiger partial charge >= 0.3 is 41.9 Å². The van der Waals surface area contributed by atoms with Crippen LogP contribution in [-0.4, -0.2) is 31.4 Å². The molecule has 0 unspecified atom stereocenters. The Hall–Kier alpha value is 1.37. The quantitative estimate of drug-likeness (QED) is 0.325. The first-order valence-electron chi connectivity index (χ1n) is 9.88. The number of halogens is 2. The number of rotatable bonds is 3. The Labute approximate surface area is 218 Å². The van der Waals surface area contributed by atoms with Crippen LogP contribution in [0, 0.1) is 23.8 Å². The largest absolute Gasteiger partial charge is 2.00 e. The summed E-state index contributed by atoms with van der Waals surface area (Å²) in [4.78, 5) is 0. The van der Waals surface area contributed by atoms with Crippen LogP contribution in [0.15, 0.2) is 18.2 Å². The minimum absolute atomic E-state index is 0. The van der Waals surface area contributed by atoms with Gasteiger partial charge in [-0.1, -0.05) is 20.8 Å². The molecule has 0 saturated heterocycles. The minimum Gasteiger partial charge on any atom is -1.00 e. The maximum Gasteiger partial charge on any atom is 2.00 e. The van der Waals surface area contributed by atoms with Gasteiger partial charge in [0.2, 0.25) is 8.32 Å². The van der Waals surface area contributed by atoms with Crippen molar-refractivity contribution in [2.24, 2.45) is 17.8 Å². The van der Waals surface area contributed by atoms with Gasteiger partial charge in [0.05, 0.1) is 0 Å². The van der Waals surface area contributed by atoms with Gasteiger partial charge < -0.3 is 33.8 Å². The van der Waals surface area contributed by atoms with Gasteiger partial charge in [0.15, 0.2) is 0 Å².